The number of hydrogen-bond donors (Lipinski definition) is 1. The van der Waals surface area contributed by atoms with Gasteiger partial charge in [-0.2, -0.15) is 0 Å². The zero-order valence-electron chi connectivity index (χ0n) is 11.7. The van der Waals surface area contributed by atoms with Gasteiger partial charge in [0.25, 0.3) is 0 Å². The minimum absolute atomic E-state index is 0.102. The van der Waals surface area contributed by atoms with E-state index in [4.69, 9.17) is 5.11 Å². The number of hydrogen-bond acceptors (Lipinski definition) is 3. The maximum absolute atomic E-state index is 8.88. The number of aliphatic hydroxyl groups excluding tert-OH is 1. The van der Waals surface area contributed by atoms with E-state index >= 15 is 0 Å². The summed E-state index contributed by atoms with van der Waals surface area (Å²) in [5, 5.41) is 17.0. The Labute approximate surface area is 123 Å². The minimum atomic E-state index is 0.102. The van der Waals surface area contributed by atoms with E-state index in [0.29, 0.717) is 13.0 Å². The molecule has 2 aromatic carbocycles. The summed E-state index contributed by atoms with van der Waals surface area (Å²) in [5.41, 5.74) is 4.42. The predicted molar refractivity (Wildman–Crippen MR) is 81.8 cm³/mol. The van der Waals surface area contributed by atoms with Crippen molar-refractivity contribution in [3.05, 3.63) is 72.1 Å². The van der Waals surface area contributed by atoms with Crippen LogP contribution in [0.15, 0.2) is 60.8 Å². The molecule has 21 heavy (non-hydrogen) atoms. The molecule has 0 fully saturated rings. The van der Waals surface area contributed by atoms with Gasteiger partial charge in [-0.3, -0.25) is 0 Å². The molecule has 0 saturated carbocycles. The van der Waals surface area contributed by atoms with E-state index in [2.05, 4.69) is 46.7 Å². The SMILES string of the molecule is OCCc1cn(Cc2ccc(-c3ccccc3)cc2)nn1. The molecule has 4 nitrogen and oxygen atoms in total. The second-order valence-corrected chi connectivity index (χ2v) is 4.94. The van der Waals surface area contributed by atoms with Crippen molar-refractivity contribution in [1.29, 1.82) is 0 Å². The fourth-order valence-corrected chi connectivity index (χ4v) is 2.27. The van der Waals surface area contributed by atoms with Gasteiger partial charge in [0, 0.05) is 19.2 Å². The fourth-order valence-electron chi connectivity index (χ4n) is 2.27. The van der Waals surface area contributed by atoms with Crippen molar-refractivity contribution in [2.45, 2.75) is 13.0 Å². The van der Waals surface area contributed by atoms with Crippen LogP contribution in [0.1, 0.15) is 11.3 Å². The van der Waals surface area contributed by atoms with Crippen LogP contribution < -0.4 is 0 Å². The molecule has 0 amide bonds. The first-order valence-corrected chi connectivity index (χ1v) is 6.99. The zero-order valence-corrected chi connectivity index (χ0v) is 11.7. The summed E-state index contributed by atoms with van der Waals surface area (Å²) in [4.78, 5) is 0. The van der Waals surface area contributed by atoms with Gasteiger partial charge in [-0.05, 0) is 16.7 Å². The Morgan fingerprint density at radius 1 is 0.905 bits per heavy atom. The highest BCUT2D eigenvalue weighted by atomic mass is 16.3. The first-order chi connectivity index (χ1) is 10.3. The molecule has 106 valence electrons. The van der Waals surface area contributed by atoms with Crippen LogP contribution in [0.5, 0.6) is 0 Å². The normalized spacial score (nSPS) is 10.7. The van der Waals surface area contributed by atoms with Gasteiger partial charge in [0.2, 0.25) is 0 Å². The first-order valence-electron chi connectivity index (χ1n) is 6.99. The molecule has 0 atom stereocenters. The molecule has 0 aliphatic carbocycles. The highest BCUT2D eigenvalue weighted by Gasteiger charge is 2.02. The third kappa shape index (κ3) is 3.35. The van der Waals surface area contributed by atoms with Crippen LogP contribution in [0.25, 0.3) is 11.1 Å². The molecule has 1 heterocycles. The van der Waals surface area contributed by atoms with Gasteiger partial charge in [0.1, 0.15) is 0 Å². The Morgan fingerprint density at radius 3 is 2.33 bits per heavy atom. The summed E-state index contributed by atoms with van der Waals surface area (Å²) in [6.07, 6.45) is 2.42. The lowest BCUT2D eigenvalue weighted by atomic mass is 10.0. The molecule has 0 aliphatic rings. The van der Waals surface area contributed by atoms with Crippen LogP contribution in [0.3, 0.4) is 0 Å². The largest absolute Gasteiger partial charge is 0.396 e. The summed E-state index contributed by atoms with van der Waals surface area (Å²) in [6, 6.07) is 18.8. The molecular weight excluding hydrogens is 262 g/mol. The van der Waals surface area contributed by atoms with E-state index in [0.717, 1.165) is 5.69 Å². The minimum Gasteiger partial charge on any atom is -0.396 e. The maximum Gasteiger partial charge on any atom is 0.0850 e. The van der Waals surface area contributed by atoms with Gasteiger partial charge >= 0.3 is 0 Å². The third-order valence-electron chi connectivity index (χ3n) is 3.36. The van der Waals surface area contributed by atoms with E-state index in [-0.39, 0.29) is 6.61 Å². The van der Waals surface area contributed by atoms with E-state index in [1.54, 1.807) is 4.68 Å². The Hall–Kier alpha value is -2.46. The number of aromatic nitrogens is 3. The number of benzene rings is 2. The molecule has 0 saturated heterocycles. The van der Waals surface area contributed by atoms with Gasteiger partial charge in [-0.1, -0.05) is 59.8 Å². The Morgan fingerprint density at radius 2 is 1.62 bits per heavy atom. The second-order valence-electron chi connectivity index (χ2n) is 4.94. The van der Waals surface area contributed by atoms with Gasteiger partial charge in [0.15, 0.2) is 0 Å². The molecule has 0 spiro atoms. The van der Waals surface area contributed by atoms with E-state index in [9.17, 15) is 0 Å². The lowest BCUT2D eigenvalue weighted by molar-refractivity contribution is 0.298. The molecule has 3 rings (SSSR count). The maximum atomic E-state index is 8.88. The fraction of sp³-hybridized carbons (Fsp3) is 0.176. The average molecular weight is 279 g/mol. The summed E-state index contributed by atoms with van der Waals surface area (Å²) in [7, 11) is 0. The molecule has 1 N–H and O–H groups in total. The smallest absolute Gasteiger partial charge is 0.0850 e. The highest BCUT2D eigenvalue weighted by molar-refractivity contribution is 5.63. The van der Waals surface area contributed by atoms with Gasteiger partial charge in [-0.15, -0.1) is 5.10 Å². The van der Waals surface area contributed by atoms with Crippen LogP contribution >= 0.6 is 0 Å². The Bertz CT molecular complexity index is 690. The van der Waals surface area contributed by atoms with Crippen LogP contribution in [0.2, 0.25) is 0 Å². The van der Waals surface area contributed by atoms with Gasteiger partial charge in [0.05, 0.1) is 12.2 Å². The number of aliphatic hydroxyl groups is 1. The van der Waals surface area contributed by atoms with Crippen molar-refractivity contribution in [1.82, 2.24) is 15.0 Å². The standard InChI is InChI=1S/C17H17N3O/c21-11-10-17-13-20(19-18-17)12-14-6-8-16(9-7-14)15-4-2-1-3-5-15/h1-9,13,21H,10-12H2. The highest BCUT2D eigenvalue weighted by Crippen LogP contribution is 2.19. The quantitative estimate of drug-likeness (QED) is 0.781. The third-order valence-corrected chi connectivity index (χ3v) is 3.36. The average Bonchev–Trinajstić information content (AvgIpc) is 2.97. The Balaban J connectivity index is 1.72. The van der Waals surface area contributed by atoms with Gasteiger partial charge < -0.3 is 5.11 Å². The van der Waals surface area contributed by atoms with Crippen LogP contribution in [-0.2, 0) is 13.0 Å². The molecule has 0 radical (unpaired) electrons. The van der Waals surface area contributed by atoms with Gasteiger partial charge in [-0.25, -0.2) is 4.68 Å². The molecular formula is C17H17N3O. The molecule has 0 aliphatic heterocycles. The Kier molecular flexibility index (Phi) is 4.07. The van der Waals surface area contributed by atoms with E-state index in [1.165, 1.54) is 16.7 Å². The van der Waals surface area contributed by atoms with E-state index < -0.39 is 0 Å². The topological polar surface area (TPSA) is 50.9 Å². The summed E-state index contributed by atoms with van der Waals surface area (Å²) >= 11 is 0. The molecule has 4 heteroatoms. The first kappa shape index (κ1) is 13.5. The lowest BCUT2D eigenvalue weighted by Gasteiger charge is -2.04. The predicted octanol–water partition coefficient (Wildman–Crippen LogP) is 2.53. The van der Waals surface area contributed by atoms with Crippen molar-refractivity contribution in [3.63, 3.8) is 0 Å². The van der Waals surface area contributed by atoms with Crippen LogP contribution in [0.4, 0.5) is 0 Å². The summed E-state index contributed by atoms with van der Waals surface area (Å²) < 4.78 is 1.79. The molecule has 1 aromatic heterocycles. The van der Waals surface area contributed by atoms with Crippen molar-refractivity contribution in [3.8, 4) is 11.1 Å². The van der Waals surface area contributed by atoms with Crippen molar-refractivity contribution >= 4 is 0 Å². The van der Waals surface area contributed by atoms with Crippen molar-refractivity contribution in [2.24, 2.45) is 0 Å². The number of nitrogens with zero attached hydrogens (tertiary/aromatic N) is 3. The summed E-state index contributed by atoms with van der Waals surface area (Å²) in [5.74, 6) is 0. The van der Waals surface area contributed by atoms with Crippen LogP contribution in [-0.4, -0.2) is 26.7 Å². The second kappa shape index (κ2) is 6.33. The monoisotopic (exact) mass is 279 g/mol. The van der Waals surface area contributed by atoms with Crippen LogP contribution in [0, 0.1) is 0 Å². The van der Waals surface area contributed by atoms with Crippen molar-refractivity contribution in [2.75, 3.05) is 6.61 Å². The molecule has 0 unspecified atom stereocenters. The van der Waals surface area contributed by atoms with E-state index in [1.807, 2.05) is 24.4 Å². The zero-order chi connectivity index (χ0) is 14.5. The molecule has 3 aromatic rings. The lowest BCUT2D eigenvalue weighted by Crippen LogP contribution is -2.00. The van der Waals surface area contributed by atoms with Crippen molar-refractivity contribution < 1.29 is 5.11 Å². The molecule has 0 bridgehead atoms. The number of rotatable bonds is 5. The summed E-state index contributed by atoms with van der Waals surface area (Å²) in [6.45, 7) is 0.790.